The number of hydrogen-bond donors (Lipinski definition) is 1. The Morgan fingerprint density at radius 2 is 2.15 bits per heavy atom. The van der Waals surface area contributed by atoms with Crippen molar-refractivity contribution in [2.75, 3.05) is 18.5 Å². The summed E-state index contributed by atoms with van der Waals surface area (Å²) in [7, 11) is 1.60. The molecule has 3 heterocycles. The van der Waals surface area contributed by atoms with E-state index < -0.39 is 0 Å². The quantitative estimate of drug-likeness (QED) is 0.685. The third kappa shape index (κ3) is 3.41. The van der Waals surface area contributed by atoms with E-state index in [2.05, 4.69) is 20.3 Å². The van der Waals surface area contributed by atoms with E-state index in [1.54, 1.807) is 25.4 Å². The Balaban J connectivity index is 1.55. The molecule has 0 radical (unpaired) electrons. The van der Waals surface area contributed by atoms with Crippen molar-refractivity contribution in [1.29, 1.82) is 0 Å². The van der Waals surface area contributed by atoms with Gasteiger partial charge in [0.1, 0.15) is 12.1 Å². The standard InChI is InChI=1S/C19H17N5O3/c1-24-18(26)9-15(14-4-6-20-11-22-14)23-19(24)21-10-16(25)12-2-3-17-13(8-12)5-7-27-17/h2-4,6,8-9,11H,5,7,10H2,1H3,(H,21,23). The van der Waals surface area contributed by atoms with Crippen LogP contribution in [0.15, 0.2) is 47.7 Å². The van der Waals surface area contributed by atoms with Crippen molar-refractivity contribution in [3.05, 3.63) is 64.3 Å². The van der Waals surface area contributed by atoms with Crippen molar-refractivity contribution in [2.24, 2.45) is 7.05 Å². The number of hydrogen-bond acceptors (Lipinski definition) is 7. The molecule has 1 aromatic carbocycles. The van der Waals surface area contributed by atoms with Crippen molar-refractivity contribution in [3.63, 3.8) is 0 Å². The monoisotopic (exact) mass is 363 g/mol. The van der Waals surface area contributed by atoms with E-state index in [0.29, 0.717) is 29.5 Å². The Bertz CT molecular complexity index is 1060. The first-order valence-electron chi connectivity index (χ1n) is 8.49. The van der Waals surface area contributed by atoms with Crippen LogP contribution in [0, 0.1) is 0 Å². The van der Waals surface area contributed by atoms with E-state index >= 15 is 0 Å². The highest BCUT2D eigenvalue weighted by atomic mass is 16.5. The number of aromatic nitrogens is 4. The molecule has 4 rings (SSSR count). The maximum absolute atomic E-state index is 12.5. The van der Waals surface area contributed by atoms with Gasteiger partial charge in [0, 0.05) is 31.3 Å². The lowest BCUT2D eigenvalue weighted by molar-refractivity contribution is 0.101. The van der Waals surface area contributed by atoms with E-state index in [1.807, 2.05) is 12.1 Å². The molecule has 0 spiro atoms. The van der Waals surface area contributed by atoms with E-state index in [-0.39, 0.29) is 17.9 Å². The van der Waals surface area contributed by atoms with Crippen LogP contribution in [0.2, 0.25) is 0 Å². The number of rotatable bonds is 5. The summed E-state index contributed by atoms with van der Waals surface area (Å²) in [5, 5.41) is 2.96. The van der Waals surface area contributed by atoms with Gasteiger partial charge in [-0.2, -0.15) is 0 Å². The Morgan fingerprint density at radius 1 is 1.26 bits per heavy atom. The van der Waals surface area contributed by atoms with E-state index in [1.165, 1.54) is 17.0 Å². The SMILES string of the molecule is Cn1c(NCC(=O)c2ccc3c(c2)CCO3)nc(-c2ccncn2)cc1=O. The molecule has 3 aromatic rings. The Labute approximate surface area is 154 Å². The first-order chi connectivity index (χ1) is 13.1. The molecule has 1 aliphatic heterocycles. The molecule has 8 nitrogen and oxygen atoms in total. The Morgan fingerprint density at radius 3 is 2.96 bits per heavy atom. The van der Waals surface area contributed by atoms with Crippen LogP contribution in [0.25, 0.3) is 11.4 Å². The van der Waals surface area contributed by atoms with E-state index in [4.69, 9.17) is 4.74 Å². The summed E-state index contributed by atoms with van der Waals surface area (Å²) in [5.41, 5.74) is 2.35. The molecule has 27 heavy (non-hydrogen) atoms. The normalized spacial score (nSPS) is 12.3. The number of anilines is 1. The number of fused-ring (bicyclic) bond motifs is 1. The zero-order valence-corrected chi connectivity index (χ0v) is 14.7. The summed E-state index contributed by atoms with van der Waals surface area (Å²) < 4.78 is 6.82. The molecule has 0 saturated heterocycles. The van der Waals surface area contributed by atoms with Crippen molar-refractivity contribution in [1.82, 2.24) is 19.5 Å². The number of nitrogens with zero attached hydrogens (tertiary/aromatic N) is 4. The van der Waals surface area contributed by atoms with Crippen LogP contribution < -0.4 is 15.6 Å². The van der Waals surface area contributed by atoms with Gasteiger partial charge in [-0.3, -0.25) is 14.2 Å². The highest BCUT2D eigenvalue weighted by molar-refractivity contribution is 5.99. The molecule has 0 saturated carbocycles. The van der Waals surface area contributed by atoms with Crippen molar-refractivity contribution in [2.45, 2.75) is 6.42 Å². The molecular formula is C19H17N5O3. The third-order valence-electron chi connectivity index (χ3n) is 4.40. The lowest BCUT2D eigenvalue weighted by Gasteiger charge is -2.11. The maximum Gasteiger partial charge on any atom is 0.255 e. The highest BCUT2D eigenvalue weighted by Gasteiger charge is 2.16. The average molecular weight is 363 g/mol. The molecule has 0 bridgehead atoms. The topological polar surface area (TPSA) is 99.0 Å². The summed E-state index contributed by atoms with van der Waals surface area (Å²) >= 11 is 0. The fraction of sp³-hybridized carbons (Fsp3) is 0.211. The van der Waals surface area contributed by atoms with Gasteiger partial charge in [0.05, 0.1) is 24.5 Å². The van der Waals surface area contributed by atoms with Crippen LogP contribution in [0.1, 0.15) is 15.9 Å². The Hall–Kier alpha value is -3.55. The number of nitrogens with one attached hydrogen (secondary N) is 1. The predicted octanol–water partition coefficient (Wildman–Crippen LogP) is 1.47. The second-order valence-corrected chi connectivity index (χ2v) is 6.15. The molecule has 1 aliphatic rings. The smallest absolute Gasteiger partial charge is 0.255 e. The van der Waals surface area contributed by atoms with Crippen molar-refractivity contribution in [3.8, 4) is 17.1 Å². The lowest BCUT2D eigenvalue weighted by Crippen LogP contribution is -2.24. The second kappa shape index (κ2) is 6.99. The molecule has 2 aromatic heterocycles. The van der Waals surface area contributed by atoms with Crippen LogP contribution >= 0.6 is 0 Å². The minimum absolute atomic E-state index is 0.0210. The summed E-state index contributed by atoms with van der Waals surface area (Å²) in [6.45, 7) is 0.667. The first kappa shape index (κ1) is 16.9. The van der Waals surface area contributed by atoms with Gasteiger partial charge in [-0.15, -0.1) is 0 Å². The van der Waals surface area contributed by atoms with Crippen LogP contribution in [0.3, 0.4) is 0 Å². The summed E-state index contributed by atoms with van der Waals surface area (Å²) in [5.74, 6) is 1.04. The summed E-state index contributed by atoms with van der Waals surface area (Å²) in [6, 6.07) is 8.49. The molecular weight excluding hydrogens is 346 g/mol. The second-order valence-electron chi connectivity index (χ2n) is 6.15. The number of benzene rings is 1. The molecule has 136 valence electrons. The van der Waals surface area contributed by atoms with Crippen LogP contribution in [0.5, 0.6) is 5.75 Å². The van der Waals surface area contributed by atoms with E-state index in [0.717, 1.165) is 17.7 Å². The summed E-state index contributed by atoms with van der Waals surface area (Å²) in [6.07, 6.45) is 3.78. The fourth-order valence-corrected chi connectivity index (χ4v) is 2.89. The number of ketones is 1. The Kier molecular flexibility index (Phi) is 4.37. The molecule has 0 fully saturated rings. The van der Waals surface area contributed by atoms with Gasteiger partial charge in [0.25, 0.3) is 5.56 Å². The van der Waals surface area contributed by atoms with Crippen LogP contribution in [0.4, 0.5) is 5.95 Å². The molecule has 0 unspecified atom stereocenters. The van der Waals surface area contributed by atoms with Crippen molar-refractivity contribution < 1.29 is 9.53 Å². The minimum Gasteiger partial charge on any atom is -0.493 e. The van der Waals surface area contributed by atoms with Gasteiger partial charge in [-0.1, -0.05) is 0 Å². The predicted molar refractivity (Wildman–Crippen MR) is 99.0 cm³/mol. The minimum atomic E-state index is -0.247. The summed E-state index contributed by atoms with van der Waals surface area (Å²) in [4.78, 5) is 37.1. The largest absolute Gasteiger partial charge is 0.493 e. The number of ether oxygens (including phenoxy) is 1. The first-order valence-corrected chi connectivity index (χ1v) is 8.49. The van der Waals surface area contributed by atoms with Gasteiger partial charge in [0.15, 0.2) is 5.78 Å². The lowest BCUT2D eigenvalue weighted by atomic mass is 10.1. The van der Waals surface area contributed by atoms with Crippen LogP contribution in [-0.2, 0) is 13.5 Å². The van der Waals surface area contributed by atoms with Gasteiger partial charge in [-0.25, -0.2) is 15.0 Å². The van der Waals surface area contributed by atoms with Gasteiger partial charge < -0.3 is 10.1 Å². The van der Waals surface area contributed by atoms with E-state index in [9.17, 15) is 9.59 Å². The number of carbonyl (C=O) groups is 1. The average Bonchev–Trinajstić information content (AvgIpc) is 3.17. The number of Topliss-reactive ketones (excluding diaryl/α,β-unsaturated/α-hetero) is 1. The van der Waals surface area contributed by atoms with Crippen LogP contribution in [-0.4, -0.2) is 38.5 Å². The molecule has 8 heteroatoms. The molecule has 0 atom stereocenters. The number of carbonyl (C=O) groups excluding carboxylic acids is 1. The maximum atomic E-state index is 12.5. The molecule has 1 N–H and O–H groups in total. The fourth-order valence-electron chi connectivity index (χ4n) is 2.89. The molecule has 0 amide bonds. The zero-order valence-electron chi connectivity index (χ0n) is 14.7. The van der Waals surface area contributed by atoms with Gasteiger partial charge in [0.2, 0.25) is 5.95 Å². The third-order valence-corrected chi connectivity index (χ3v) is 4.40. The zero-order chi connectivity index (χ0) is 18.8. The van der Waals surface area contributed by atoms with Gasteiger partial charge >= 0.3 is 0 Å². The van der Waals surface area contributed by atoms with Gasteiger partial charge in [-0.05, 0) is 29.8 Å². The molecule has 0 aliphatic carbocycles. The highest BCUT2D eigenvalue weighted by Crippen LogP contribution is 2.26. The van der Waals surface area contributed by atoms with Crippen molar-refractivity contribution >= 4 is 11.7 Å².